The molecule has 1 unspecified atom stereocenters. The monoisotopic (exact) mass is 456 g/mol. The molecule has 5 nitrogen and oxygen atoms in total. The summed E-state index contributed by atoms with van der Waals surface area (Å²) in [7, 11) is 0. The van der Waals surface area contributed by atoms with Crippen molar-refractivity contribution in [2.45, 2.75) is 25.6 Å². The van der Waals surface area contributed by atoms with Gasteiger partial charge in [0, 0.05) is 45.0 Å². The Kier molecular flexibility index (Phi) is 6.61. The third-order valence-corrected chi connectivity index (χ3v) is 6.69. The maximum absolute atomic E-state index is 14.3. The molecule has 174 valence electrons. The van der Waals surface area contributed by atoms with E-state index in [0.717, 1.165) is 11.3 Å². The van der Waals surface area contributed by atoms with Gasteiger partial charge in [-0.3, -0.25) is 9.69 Å². The van der Waals surface area contributed by atoms with E-state index in [0.29, 0.717) is 38.2 Å². The van der Waals surface area contributed by atoms with E-state index < -0.39 is 17.5 Å². The zero-order valence-electron chi connectivity index (χ0n) is 18.4. The molecule has 1 atom stereocenters. The van der Waals surface area contributed by atoms with E-state index in [4.69, 9.17) is 5.26 Å². The van der Waals surface area contributed by atoms with Crippen molar-refractivity contribution < 1.29 is 18.0 Å². The van der Waals surface area contributed by atoms with Crippen LogP contribution in [0.1, 0.15) is 24.0 Å². The smallest absolute Gasteiger partial charge is 0.370 e. The van der Waals surface area contributed by atoms with Crippen molar-refractivity contribution in [2.75, 3.05) is 44.2 Å². The van der Waals surface area contributed by atoms with E-state index in [1.165, 1.54) is 4.90 Å². The maximum atomic E-state index is 14.3. The number of amides is 1. The molecular weight excluding hydrogens is 429 g/mol. The molecule has 2 aromatic rings. The molecule has 2 fully saturated rings. The van der Waals surface area contributed by atoms with Crippen LogP contribution >= 0.6 is 0 Å². The van der Waals surface area contributed by atoms with Crippen molar-refractivity contribution >= 4 is 11.6 Å². The Morgan fingerprint density at radius 2 is 1.70 bits per heavy atom. The molecule has 2 aliphatic heterocycles. The van der Waals surface area contributed by atoms with E-state index in [-0.39, 0.29) is 26.1 Å². The molecule has 0 N–H and O–H groups in total. The number of nitriles is 1. The number of nitrogens with zero attached hydrogens (tertiary/aromatic N) is 4. The van der Waals surface area contributed by atoms with E-state index in [1.807, 2.05) is 42.5 Å². The minimum atomic E-state index is -4.60. The molecule has 2 saturated heterocycles. The van der Waals surface area contributed by atoms with Gasteiger partial charge in [-0.15, -0.1) is 0 Å². The van der Waals surface area contributed by atoms with Gasteiger partial charge in [-0.25, -0.2) is 0 Å². The first kappa shape index (κ1) is 23.1. The maximum Gasteiger partial charge on any atom is 0.404 e. The summed E-state index contributed by atoms with van der Waals surface area (Å²) in [5, 5.41) is 8.97. The summed E-state index contributed by atoms with van der Waals surface area (Å²) in [5.41, 5.74) is 0.0454. The average molecular weight is 457 g/mol. The Bertz CT molecular complexity index is 1000. The molecule has 4 rings (SSSR count). The van der Waals surface area contributed by atoms with Gasteiger partial charge in [-0.1, -0.05) is 30.3 Å². The number of alkyl halides is 3. The number of hydrogen-bond acceptors (Lipinski definition) is 4. The Labute approximate surface area is 192 Å². The molecule has 0 aromatic heterocycles. The quantitative estimate of drug-likeness (QED) is 0.697. The van der Waals surface area contributed by atoms with E-state index in [2.05, 4.69) is 11.0 Å². The SMILES string of the molecule is N#Cc1ccc(N2CCCN(C(=O)C3(C(F)(F)F)CCN(Cc4ccccc4)C3)CC2)cc1. The number of carbonyl (C=O) groups is 1. The Balaban J connectivity index is 1.46. The summed E-state index contributed by atoms with van der Waals surface area (Å²) in [4.78, 5) is 18.6. The first-order valence-corrected chi connectivity index (χ1v) is 11.2. The van der Waals surface area contributed by atoms with Gasteiger partial charge in [0.15, 0.2) is 5.41 Å². The number of anilines is 1. The van der Waals surface area contributed by atoms with Crippen LogP contribution in [0.2, 0.25) is 0 Å². The molecule has 1 amide bonds. The topological polar surface area (TPSA) is 50.6 Å². The minimum absolute atomic E-state index is 0.210. The van der Waals surface area contributed by atoms with Crippen molar-refractivity contribution in [1.82, 2.24) is 9.80 Å². The van der Waals surface area contributed by atoms with Gasteiger partial charge in [0.05, 0.1) is 11.6 Å². The molecule has 33 heavy (non-hydrogen) atoms. The molecule has 8 heteroatoms. The highest BCUT2D eigenvalue weighted by Gasteiger charge is 2.63. The number of carbonyl (C=O) groups excluding carboxylic acids is 1. The molecular formula is C25H27F3N4O. The average Bonchev–Trinajstić information content (AvgIpc) is 3.10. The first-order valence-electron chi connectivity index (χ1n) is 11.2. The van der Waals surface area contributed by atoms with E-state index in [1.54, 1.807) is 17.0 Å². The summed E-state index contributed by atoms with van der Waals surface area (Å²) >= 11 is 0. The standard InChI is InChI=1S/C25H27F3N4O/c26-25(27,28)24(11-14-30(19-24)18-21-5-2-1-3-6-21)23(33)32-13-4-12-31(15-16-32)22-9-7-20(17-29)8-10-22/h1-3,5-10H,4,11-16,18-19H2. The zero-order valence-corrected chi connectivity index (χ0v) is 18.4. The molecule has 0 radical (unpaired) electrons. The highest BCUT2D eigenvalue weighted by Crippen LogP contribution is 2.47. The first-order chi connectivity index (χ1) is 15.8. The van der Waals surface area contributed by atoms with Gasteiger partial charge in [0.2, 0.25) is 5.91 Å². The van der Waals surface area contributed by atoms with Gasteiger partial charge in [-0.05, 0) is 49.2 Å². The number of halogens is 3. The molecule has 0 bridgehead atoms. The summed E-state index contributed by atoms with van der Waals surface area (Å²) in [6, 6.07) is 18.6. The van der Waals surface area contributed by atoms with Gasteiger partial charge in [-0.2, -0.15) is 18.4 Å². The van der Waals surface area contributed by atoms with Crippen LogP contribution in [-0.2, 0) is 11.3 Å². The van der Waals surface area contributed by atoms with Crippen molar-refractivity contribution in [3.05, 3.63) is 65.7 Å². The third kappa shape index (κ3) is 4.83. The van der Waals surface area contributed by atoms with Crippen molar-refractivity contribution in [1.29, 1.82) is 5.26 Å². The van der Waals surface area contributed by atoms with Crippen LogP contribution in [0.4, 0.5) is 18.9 Å². The Morgan fingerprint density at radius 3 is 2.36 bits per heavy atom. The number of rotatable bonds is 4. The summed E-state index contributed by atoms with van der Waals surface area (Å²) in [5.74, 6) is -0.799. The predicted octanol–water partition coefficient (Wildman–Crippen LogP) is 4.05. The summed E-state index contributed by atoms with van der Waals surface area (Å²) in [6.07, 6.45) is -4.22. The van der Waals surface area contributed by atoms with Crippen molar-refractivity contribution in [3.8, 4) is 6.07 Å². The molecule has 0 aliphatic carbocycles. The fourth-order valence-corrected chi connectivity index (χ4v) is 4.82. The molecule has 0 spiro atoms. The lowest BCUT2D eigenvalue weighted by atomic mass is 9.84. The van der Waals surface area contributed by atoms with Crippen LogP contribution in [0.3, 0.4) is 0 Å². The van der Waals surface area contributed by atoms with Crippen LogP contribution in [0.5, 0.6) is 0 Å². The van der Waals surface area contributed by atoms with Gasteiger partial charge < -0.3 is 9.80 Å². The lowest BCUT2D eigenvalue weighted by Crippen LogP contribution is -2.54. The third-order valence-electron chi connectivity index (χ3n) is 6.69. The predicted molar refractivity (Wildman–Crippen MR) is 119 cm³/mol. The van der Waals surface area contributed by atoms with Crippen LogP contribution in [0.25, 0.3) is 0 Å². The van der Waals surface area contributed by atoms with Gasteiger partial charge >= 0.3 is 6.18 Å². The van der Waals surface area contributed by atoms with E-state index in [9.17, 15) is 18.0 Å². The largest absolute Gasteiger partial charge is 0.404 e. The molecule has 2 aliphatic rings. The van der Waals surface area contributed by atoms with Crippen molar-refractivity contribution in [2.24, 2.45) is 5.41 Å². The molecule has 2 heterocycles. The van der Waals surface area contributed by atoms with Crippen LogP contribution in [0, 0.1) is 16.7 Å². The fourth-order valence-electron chi connectivity index (χ4n) is 4.82. The molecule has 2 aromatic carbocycles. The molecule has 0 saturated carbocycles. The normalized spacial score (nSPS) is 22.1. The van der Waals surface area contributed by atoms with Gasteiger partial charge in [0.25, 0.3) is 0 Å². The van der Waals surface area contributed by atoms with Gasteiger partial charge in [0.1, 0.15) is 0 Å². The number of likely N-dealkylation sites (tertiary alicyclic amines) is 1. The second-order valence-corrected chi connectivity index (χ2v) is 8.82. The van der Waals surface area contributed by atoms with Crippen LogP contribution < -0.4 is 4.90 Å². The fraction of sp³-hybridized carbons (Fsp3) is 0.440. The van der Waals surface area contributed by atoms with Crippen LogP contribution in [-0.4, -0.2) is 61.2 Å². The highest BCUT2D eigenvalue weighted by atomic mass is 19.4. The number of hydrogen-bond donors (Lipinski definition) is 0. The number of benzene rings is 2. The van der Waals surface area contributed by atoms with Crippen LogP contribution in [0.15, 0.2) is 54.6 Å². The minimum Gasteiger partial charge on any atom is -0.370 e. The summed E-state index contributed by atoms with van der Waals surface area (Å²) < 4.78 is 43.0. The highest BCUT2D eigenvalue weighted by molar-refractivity contribution is 5.84. The second-order valence-electron chi connectivity index (χ2n) is 8.82. The van der Waals surface area contributed by atoms with E-state index >= 15 is 0 Å². The Hall–Kier alpha value is -3.05. The lowest BCUT2D eigenvalue weighted by Gasteiger charge is -2.35. The Morgan fingerprint density at radius 1 is 0.970 bits per heavy atom. The second kappa shape index (κ2) is 9.44. The zero-order chi connectivity index (χ0) is 23.5. The lowest BCUT2D eigenvalue weighted by molar-refractivity contribution is -0.223. The summed E-state index contributed by atoms with van der Waals surface area (Å²) in [6.45, 7) is 2.00. The van der Waals surface area contributed by atoms with Crippen molar-refractivity contribution in [3.63, 3.8) is 0 Å².